The highest BCUT2D eigenvalue weighted by Crippen LogP contribution is 2.76. The summed E-state index contributed by atoms with van der Waals surface area (Å²) in [5.74, 6) is 2.57. The lowest BCUT2D eigenvalue weighted by Crippen LogP contribution is -2.66. The van der Waals surface area contributed by atoms with Gasteiger partial charge in [0.25, 0.3) is 0 Å². The fourth-order valence-corrected chi connectivity index (χ4v) is 12.4. The monoisotopic (exact) mass is 566 g/mol. The van der Waals surface area contributed by atoms with Crippen molar-refractivity contribution in [2.75, 3.05) is 13.1 Å². The van der Waals surface area contributed by atoms with Gasteiger partial charge in [-0.15, -0.1) is 0 Å². The van der Waals surface area contributed by atoms with Gasteiger partial charge in [0, 0.05) is 12.5 Å². The summed E-state index contributed by atoms with van der Waals surface area (Å²) in [7, 11) is 0. The van der Waals surface area contributed by atoms with E-state index in [1.54, 1.807) is 5.57 Å². The third-order valence-corrected chi connectivity index (χ3v) is 14.7. The highest BCUT2D eigenvalue weighted by atomic mass is 16.6. The van der Waals surface area contributed by atoms with Crippen molar-refractivity contribution in [3.8, 4) is 0 Å². The molecule has 41 heavy (non-hydrogen) atoms. The number of alkyl carbamates (subject to hydrolysis) is 1. The molecule has 1 unspecified atom stereocenters. The zero-order valence-corrected chi connectivity index (χ0v) is 27.4. The van der Waals surface area contributed by atoms with Crippen LogP contribution in [0.1, 0.15) is 126 Å². The Kier molecular flexibility index (Phi) is 7.12. The van der Waals surface area contributed by atoms with Crippen molar-refractivity contribution in [1.82, 2.24) is 10.6 Å². The van der Waals surface area contributed by atoms with Crippen LogP contribution in [-0.4, -0.2) is 37.1 Å². The number of nitrogens with one attached hydrogen (secondary N) is 2. The van der Waals surface area contributed by atoms with E-state index in [1.807, 2.05) is 0 Å². The minimum absolute atomic E-state index is 0.0234. The number of amides is 1. The molecule has 5 nitrogen and oxygen atoms in total. The number of ketones is 1. The number of carbonyl (C=O) groups excluding carboxylic acids is 2. The molecule has 6 aliphatic rings. The highest BCUT2D eigenvalue weighted by molar-refractivity contribution is 6.00. The first-order valence-electron chi connectivity index (χ1n) is 17.1. The molecule has 0 aromatic heterocycles. The first kappa shape index (κ1) is 29.7. The predicted octanol–water partition coefficient (Wildman–Crippen LogP) is 7.83. The smallest absolute Gasteiger partial charge is 0.407 e. The van der Waals surface area contributed by atoms with Gasteiger partial charge in [-0.1, -0.05) is 61.0 Å². The second kappa shape index (κ2) is 9.83. The number of allylic oxidation sites excluding steroid dienone is 2. The van der Waals surface area contributed by atoms with Gasteiger partial charge in [0.15, 0.2) is 5.78 Å². The van der Waals surface area contributed by atoms with Crippen molar-refractivity contribution < 1.29 is 14.3 Å². The molecule has 0 aromatic carbocycles. The van der Waals surface area contributed by atoms with E-state index in [9.17, 15) is 9.59 Å². The molecule has 2 N–H and O–H groups in total. The zero-order valence-electron chi connectivity index (χ0n) is 27.4. The Morgan fingerprint density at radius 3 is 2.24 bits per heavy atom. The molecular formula is C36H58N2O3. The summed E-state index contributed by atoms with van der Waals surface area (Å²) in [6.07, 6.45) is 12.0. The van der Waals surface area contributed by atoms with Gasteiger partial charge in [0.1, 0.15) is 6.10 Å². The molecule has 0 aromatic rings. The topological polar surface area (TPSA) is 67.4 Å². The number of piperidine rings is 1. The molecule has 5 heteroatoms. The largest absolute Gasteiger partial charge is 0.446 e. The number of hydrogen-bond acceptors (Lipinski definition) is 4. The maximum Gasteiger partial charge on any atom is 0.407 e. The second-order valence-corrected chi connectivity index (χ2v) is 17.2. The van der Waals surface area contributed by atoms with Crippen molar-refractivity contribution in [1.29, 1.82) is 0 Å². The molecule has 6 rings (SSSR count). The van der Waals surface area contributed by atoms with Crippen LogP contribution in [0.15, 0.2) is 11.1 Å². The Morgan fingerprint density at radius 1 is 0.854 bits per heavy atom. The molecule has 8 atom stereocenters. The van der Waals surface area contributed by atoms with Crippen LogP contribution in [0.2, 0.25) is 0 Å². The van der Waals surface area contributed by atoms with E-state index in [-0.39, 0.29) is 45.3 Å². The molecule has 1 saturated heterocycles. The van der Waals surface area contributed by atoms with E-state index in [0.717, 1.165) is 45.2 Å². The number of Topliss-reactive ketones (excluding diaryl/α,β-unsaturated/α-hetero) is 1. The van der Waals surface area contributed by atoms with Crippen molar-refractivity contribution in [2.24, 2.45) is 50.7 Å². The molecule has 1 amide bonds. The molecule has 4 saturated carbocycles. The number of fused-ring (bicyclic) bond motifs is 7. The number of carbonyl (C=O) groups is 2. The number of ether oxygens (including phenoxy) is 1. The van der Waals surface area contributed by atoms with E-state index in [1.165, 1.54) is 44.1 Å². The molecule has 1 aliphatic heterocycles. The minimum atomic E-state index is -0.210. The summed E-state index contributed by atoms with van der Waals surface area (Å²) >= 11 is 0. The molecular weight excluding hydrogens is 508 g/mol. The fraction of sp³-hybridized carbons (Fsp3) is 0.889. The normalized spacial score (nSPS) is 45.9. The molecule has 0 radical (unpaired) electrons. The molecule has 0 spiro atoms. The van der Waals surface area contributed by atoms with Crippen molar-refractivity contribution in [3.63, 3.8) is 0 Å². The fourth-order valence-electron chi connectivity index (χ4n) is 12.4. The van der Waals surface area contributed by atoms with Gasteiger partial charge < -0.3 is 15.4 Å². The number of rotatable bonds is 3. The third-order valence-electron chi connectivity index (χ3n) is 14.7. The summed E-state index contributed by atoms with van der Waals surface area (Å²) in [5, 5.41) is 6.73. The summed E-state index contributed by atoms with van der Waals surface area (Å²) in [5.41, 5.74) is 3.67. The molecule has 0 bridgehead atoms. The van der Waals surface area contributed by atoms with Crippen LogP contribution in [-0.2, 0) is 9.53 Å². The lowest BCUT2D eigenvalue weighted by atomic mass is 9.33. The van der Waals surface area contributed by atoms with Crippen LogP contribution >= 0.6 is 0 Å². The van der Waals surface area contributed by atoms with E-state index >= 15 is 0 Å². The third kappa shape index (κ3) is 4.24. The van der Waals surface area contributed by atoms with E-state index < -0.39 is 0 Å². The van der Waals surface area contributed by atoms with Gasteiger partial charge in [-0.2, -0.15) is 0 Å². The van der Waals surface area contributed by atoms with Crippen LogP contribution in [0, 0.1) is 50.7 Å². The Labute approximate surface area is 249 Å². The quantitative estimate of drug-likeness (QED) is 0.365. The lowest BCUT2D eigenvalue weighted by molar-refractivity contribution is -0.215. The van der Waals surface area contributed by atoms with Crippen LogP contribution in [0.3, 0.4) is 0 Å². The summed E-state index contributed by atoms with van der Waals surface area (Å²) in [4.78, 5) is 26.4. The van der Waals surface area contributed by atoms with Crippen molar-refractivity contribution >= 4 is 11.9 Å². The Balaban J connectivity index is 1.26. The molecule has 5 fully saturated rings. The maximum atomic E-state index is 13.4. The second-order valence-electron chi connectivity index (χ2n) is 17.2. The Morgan fingerprint density at radius 2 is 1.56 bits per heavy atom. The van der Waals surface area contributed by atoms with Gasteiger partial charge in [-0.25, -0.2) is 4.79 Å². The predicted molar refractivity (Wildman–Crippen MR) is 164 cm³/mol. The minimum Gasteiger partial charge on any atom is -0.446 e. The summed E-state index contributed by atoms with van der Waals surface area (Å²) in [6, 6.07) is 0.157. The first-order chi connectivity index (χ1) is 19.2. The maximum absolute atomic E-state index is 13.4. The first-order valence-corrected chi connectivity index (χ1v) is 17.1. The molecule has 230 valence electrons. The van der Waals surface area contributed by atoms with Crippen LogP contribution in [0.5, 0.6) is 0 Å². The lowest BCUT2D eigenvalue weighted by Gasteiger charge is -2.72. The van der Waals surface area contributed by atoms with Gasteiger partial charge in [0.05, 0.1) is 0 Å². The van der Waals surface area contributed by atoms with E-state index in [0.29, 0.717) is 29.5 Å². The molecule has 1 heterocycles. The van der Waals surface area contributed by atoms with Gasteiger partial charge >= 0.3 is 6.09 Å². The van der Waals surface area contributed by atoms with Crippen molar-refractivity contribution in [3.05, 3.63) is 11.1 Å². The van der Waals surface area contributed by atoms with Gasteiger partial charge in [-0.05, 0) is 134 Å². The van der Waals surface area contributed by atoms with Gasteiger partial charge in [0.2, 0.25) is 0 Å². The zero-order chi connectivity index (χ0) is 29.6. The van der Waals surface area contributed by atoms with Crippen LogP contribution in [0.25, 0.3) is 0 Å². The van der Waals surface area contributed by atoms with Gasteiger partial charge in [-0.3, -0.25) is 4.79 Å². The van der Waals surface area contributed by atoms with E-state index in [2.05, 4.69) is 66.0 Å². The Bertz CT molecular complexity index is 1120. The van der Waals surface area contributed by atoms with Crippen molar-refractivity contribution in [2.45, 2.75) is 138 Å². The van der Waals surface area contributed by atoms with E-state index in [4.69, 9.17) is 4.74 Å². The van der Waals surface area contributed by atoms with Crippen LogP contribution < -0.4 is 10.6 Å². The SMILES string of the molecule is CC(C)C1=C2[C@H]3CC[C@@H]4[C@@]5(C)CCC(NC(=O)OC6CCNCC6)C(C)(C)[C@@H]5CC[C@@]4(C)[C@]3(C)CC[C@@]2(C)CC1=O. The Hall–Kier alpha value is -1.36. The average molecular weight is 567 g/mol. The summed E-state index contributed by atoms with van der Waals surface area (Å²) < 4.78 is 5.88. The molecule has 5 aliphatic carbocycles. The average Bonchev–Trinajstić information content (AvgIpc) is 3.17. The summed E-state index contributed by atoms with van der Waals surface area (Å²) in [6.45, 7) is 21.5. The standard InChI is InChI=1S/C36H58N2O3/c1-22(2)29-25(39)21-33(5)17-18-35(7)24(30(29)33)9-10-27-34(6)15-12-28(32(3,4)26(34)11-16-36(27,35)8)38-31(40)41-23-13-19-37-20-14-23/h22-24,26-28,37H,9-21H2,1-8H3,(H,38,40)/t24-,26+,27-,28?,33+,34+,35-,36-/m1/s1. The number of hydrogen-bond donors (Lipinski definition) is 2. The highest BCUT2D eigenvalue weighted by Gasteiger charge is 2.69. The van der Waals surface area contributed by atoms with Crippen LogP contribution in [0.4, 0.5) is 4.79 Å².